The molecular weight excluding hydrogens is 477 g/mol. The molecule has 0 N–H and O–H groups in total. The fraction of sp³-hybridized carbons (Fsp3) is 0.308. The summed E-state index contributed by atoms with van der Waals surface area (Å²) in [6.07, 6.45) is 4.85. The summed E-state index contributed by atoms with van der Waals surface area (Å²) >= 11 is 0. The van der Waals surface area contributed by atoms with Gasteiger partial charge in [-0.1, -0.05) is 17.7 Å². The number of ether oxygens (including phenoxy) is 1. The zero-order valence-electron chi connectivity index (χ0n) is 21.1. The van der Waals surface area contributed by atoms with Crippen molar-refractivity contribution in [3.8, 4) is 17.0 Å². The summed E-state index contributed by atoms with van der Waals surface area (Å²) in [4.78, 5) is 9.08. The highest BCUT2D eigenvalue weighted by atomic mass is 32.2. The van der Waals surface area contributed by atoms with E-state index in [2.05, 4.69) is 9.97 Å². The second-order valence-electron chi connectivity index (χ2n) is 9.97. The molecule has 8 nitrogen and oxygen atoms in total. The van der Waals surface area contributed by atoms with E-state index in [9.17, 15) is 8.42 Å². The van der Waals surface area contributed by atoms with Gasteiger partial charge in [0, 0.05) is 46.6 Å². The van der Waals surface area contributed by atoms with E-state index in [1.54, 1.807) is 56.0 Å². The Labute approximate surface area is 211 Å². The number of hydrogen-bond acceptors (Lipinski definition) is 7. The van der Waals surface area contributed by atoms with Gasteiger partial charge in [-0.3, -0.25) is 0 Å². The Morgan fingerprint density at radius 3 is 2.19 bits per heavy atom. The molecule has 1 fully saturated rings. The maximum absolute atomic E-state index is 13.7. The molecule has 0 aliphatic carbocycles. The van der Waals surface area contributed by atoms with Gasteiger partial charge < -0.3 is 14.0 Å². The van der Waals surface area contributed by atoms with Crippen molar-refractivity contribution in [2.75, 3.05) is 7.11 Å². The Kier molecular flexibility index (Phi) is 5.74. The molecule has 5 rings (SSSR count). The molecule has 1 aliphatic heterocycles. The van der Waals surface area contributed by atoms with Crippen LogP contribution < -0.4 is 10.2 Å². The Hall–Kier alpha value is -3.21. The number of aryl methyl sites for hydroxylation is 1. The van der Waals surface area contributed by atoms with Crippen LogP contribution in [0.15, 0.2) is 66.0 Å². The Bertz CT molecular complexity index is 1530. The number of methoxy groups -OCH3 is 1. The molecule has 3 aromatic heterocycles. The van der Waals surface area contributed by atoms with Crippen molar-refractivity contribution < 1.29 is 22.5 Å². The molecule has 1 aromatic carbocycles. The SMILES string of the molecule is COc1ccc(-c2cn(S(=O)(=O)c3ccc(C)cc3)c3ncc(B4OC(C)(C)C(C)(C)O4)cc23)cn1. The van der Waals surface area contributed by atoms with Gasteiger partial charge in [-0.2, -0.15) is 0 Å². The average molecular weight is 505 g/mol. The van der Waals surface area contributed by atoms with Gasteiger partial charge >= 0.3 is 7.12 Å². The molecule has 1 aliphatic rings. The first-order valence-electron chi connectivity index (χ1n) is 11.6. The van der Waals surface area contributed by atoms with Crippen LogP contribution in [0.2, 0.25) is 0 Å². The highest BCUT2D eigenvalue weighted by molar-refractivity contribution is 7.90. The normalized spacial score (nSPS) is 17.0. The quantitative estimate of drug-likeness (QED) is 0.379. The number of aromatic nitrogens is 3. The van der Waals surface area contributed by atoms with Crippen LogP contribution in [0.3, 0.4) is 0 Å². The average Bonchev–Trinajstić information content (AvgIpc) is 3.33. The lowest BCUT2D eigenvalue weighted by molar-refractivity contribution is 0.00578. The molecule has 4 heterocycles. The second kappa shape index (κ2) is 8.43. The van der Waals surface area contributed by atoms with E-state index in [0.29, 0.717) is 27.9 Å². The number of nitrogens with zero attached hydrogens (tertiary/aromatic N) is 3. The van der Waals surface area contributed by atoms with E-state index in [-0.39, 0.29) is 4.90 Å². The lowest BCUT2D eigenvalue weighted by atomic mass is 9.79. The van der Waals surface area contributed by atoms with Gasteiger partial charge in [-0.05, 0) is 58.9 Å². The molecule has 10 heteroatoms. The predicted octanol–water partition coefficient (Wildman–Crippen LogP) is 3.95. The van der Waals surface area contributed by atoms with E-state index in [4.69, 9.17) is 14.0 Å². The summed E-state index contributed by atoms with van der Waals surface area (Å²) in [5, 5.41) is 0.643. The smallest absolute Gasteiger partial charge is 0.481 e. The largest absolute Gasteiger partial charge is 0.496 e. The zero-order chi connectivity index (χ0) is 25.9. The number of benzene rings is 1. The Balaban J connectivity index is 1.69. The van der Waals surface area contributed by atoms with Gasteiger partial charge in [0.2, 0.25) is 5.88 Å². The Morgan fingerprint density at radius 1 is 0.944 bits per heavy atom. The maximum Gasteiger partial charge on any atom is 0.496 e. The highest BCUT2D eigenvalue weighted by Crippen LogP contribution is 2.37. The zero-order valence-corrected chi connectivity index (χ0v) is 22.0. The van der Waals surface area contributed by atoms with Crippen LogP contribution in [0, 0.1) is 6.92 Å². The van der Waals surface area contributed by atoms with Crippen LogP contribution >= 0.6 is 0 Å². The molecular formula is C26H28BN3O5S. The maximum atomic E-state index is 13.7. The van der Waals surface area contributed by atoms with Gasteiger partial charge in [0.15, 0.2) is 5.65 Å². The highest BCUT2D eigenvalue weighted by Gasteiger charge is 2.52. The summed E-state index contributed by atoms with van der Waals surface area (Å²) in [6, 6.07) is 12.2. The monoisotopic (exact) mass is 505 g/mol. The first-order valence-corrected chi connectivity index (χ1v) is 13.1. The van der Waals surface area contributed by atoms with Gasteiger partial charge in [0.05, 0.1) is 23.2 Å². The molecule has 186 valence electrons. The summed E-state index contributed by atoms with van der Waals surface area (Å²) < 4.78 is 46.1. The summed E-state index contributed by atoms with van der Waals surface area (Å²) in [7, 11) is -2.99. The molecule has 1 saturated heterocycles. The summed E-state index contributed by atoms with van der Waals surface area (Å²) in [5.74, 6) is 0.464. The molecule has 0 bridgehead atoms. The van der Waals surface area contributed by atoms with Crippen molar-refractivity contribution in [1.82, 2.24) is 13.9 Å². The van der Waals surface area contributed by atoms with Gasteiger partial charge in [-0.25, -0.2) is 22.4 Å². The van der Waals surface area contributed by atoms with E-state index < -0.39 is 28.3 Å². The fourth-order valence-electron chi connectivity index (χ4n) is 4.10. The van der Waals surface area contributed by atoms with E-state index >= 15 is 0 Å². The molecule has 0 saturated carbocycles. The third kappa shape index (κ3) is 3.99. The minimum Gasteiger partial charge on any atom is -0.481 e. The van der Waals surface area contributed by atoms with Crippen LogP contribution in [0.25, 0.3) is 22.2 Å². The molecule has 0 atom stereocenters. The number of fused-ring (bicyclic) bond motifs is 1. The van der Waals surface area contributed by atoms with Crippen molar-refractivity contribution in [2.24, 2.45) is 0 Å². The first kappa shape index (κ1) is 24.5. The predicted molar refractivity (Wildman–Crippen MR) is 139 cm³/mol. The molecule has 36 heavy (non-hydrogen) atoms. The van der Waals surface area contributed by atoms with Gasteiger partial charge in [0.1, 0.15) is 0 Å². The van der Waals surface area contributed by atoms with Gasteiger partial charge in [0.25, 0.3) is 10.0 Å². The third-order valence-corrected chi connectivity index (χ3v) is 8.66. The van der Waals surface area contributed by atoms with Crippen molar-refractivity contribution in [2.45, 2.75) is 50.7 Å². The Morgan fingerprint density at radius 2 is 1.61 bits per heavy atom. The first-order chi connectivity index (χ1) is 16.9. The molecule has 0 unspecified atom stereocenters. The lowest BCUT2D eigenvalue weighted by Crippen LogP contribution is -2.41. The van der Waals surface area contributed by atoms with Gasteiger partial charge in [-0.15, -0.1) is 0 Å². The summed E-state index contributed by atoms with van der Waals surface area (Å²) in [6.45, 7) is 9.85. The summed E-state index contributed by atoms with van der Waals surface area (Å²) in [5.41, 5.74) is 2.34. The van der Waals surface area contributed by atoms with E-state index in [1.807, 2.05) is 46.8 Å². The molecule has 0 radical (unpaired) electrons. The van der Waals surface area contributed by atoms with Crippen LogP contribution in [-0.2, 0) is 19.3 Å². The number of hydrogen-bond donors (Lipinski definition) is 0. The number of rotatable bonds is 5. The van der Waals surface area contributed by atoms with Crippen LogP contribution in [-0.4, -0.2) is 47.8 Å². The van der Waals surface area contributed by atoms with Crippen LogP contribution in [0.5, 0.6) is 5.88 Å². The second-order valence-corrected chi connectivity index (χ2v) is 11.8. The molecule has 0 spiro atoms. The van der Waals surface area contributed by atoms with Crippen LogP contribution in [0.1, 0.15) is 33.3 Å². The fourth-order valence-corrected chi connectivity index (χ4v) is 5.43. The minimum atomic E-state index is -3.90. The van der Waals surface area contributed by atoms with Crippen molar-refractivity contribution >= 4 is 33.6 Å². The van der Waals surface area contributed by atoms with E-state index in [0.717, 1.165) is 11.1 Å². The molecule has 0 amide bonds. The van der Waals surface area contributed by atoms with Crippen molar-refractivity contribution in [1.29, 1.82) is 0 Å². The van der Waals surface area contributed by atoms with Crippen molar-refractivity contribution in [3.05, 3.63) is 66.6 Å². The minimum absolute atomic E-state index is 0.182. The van der Waals surface area contributed by atoms with Crippen LogP contribution in [0.4, 0.5) is 0 Å². The lowest BCUT2D eigenvalue weighted by Gasteiger charge is -2.32. The topological polar surface area (TPSA) is 92.5 Å². The number of pyridine rings is 2. The van der Waals surface area contributed by atoms with Crippen molar-refractivity contribution in [3.63, 3.8) is 0 Å². The van der Waals surface area contributed by atoms with E-state index in [1.165, 1.54) is 3.97 Å². The standard InChI is InChI=1S/C26H28BN3O5S/c1-17-7-10-20(11-8-17)36(31,32)30-16-22(18-9-12-23(33-6)28-14-18)21-13-19(15-29-24(21)30)27-34-25(2,3)26(4,5)35-27/h7-16H,1-6H3. The molecule has 4 aromatic rings. The third-order valence-electron chi connectivity index (χ3n) is 6.99.